The van der Waals surface area contributed by atoms with E-state index in [0.717, 1.165) is 48.5 Å². The number of Topliss-reactive ketones (excluding diaryl/α,β-unsaturated/α-hetero) is 2. The van der Waals surface area contributed by atoms with Gasteiger partial charge in [-0.05, 0) is 64.5 Å². The van der Waals surface area contributed by atoms with Crippen molar-refractivity contribution in [2.24, 2.45) is 0 Å². The fourth-order valence-corrected chi connectivity index (χ4v) is 3.84. The van der Waals surface area contributed by atoms with Gasteiger partial charge in [0.05, 0.1) is 4.48 Å². The number of amides is 2. The van der Waals surface area contributed by atoms with Crippen molar-refractivity contribution in [1.82, 2.24) is 4.90 Å². The van der Waals surface area contributed by atoms with Gasteiger partial charge in [0.2, 0.25) is 11.6 Å². The van der Waals surface area contributed by atoms with Crippen molar-refractivity contribution < 1.29 is 28.0 Å². The predicted octanol–water partition coefficient (Wildman–Crippen LogP) is 4.93. The lowest BCUT2D eigenvalue weighted by Gasteiger charge is -2.27. The van der Waals surface area contributed by atoms with Gasteiger partial charge >= 0.3 is 0 Å². The first-order valence-corrected chi connectivity index (χ1v) is 10.1. The van der Waals surface area contributed by atoms with E-state index in [-0.39, 0.29) is 26.7 Å². The summed E-state index contributed by atoms with van der Waals surface area (Å²) in [4.78, 5) is 53.4. The van der Waals surface area contributed by atoms with E-state index in [2.05, 4.69) is 15.9 Å². The number of rotatable bonds is 3. The Hall–Kier alpha value is -3.78. The molecule has 3 aromatic carbocycles. The van der Waals surface area contributed by atoms with E-state index in [9.17, 15) is 28.0 Å². The van der Waals surface area contributed by atoms with E-state index in [4.69, 9.17) is 0 Å². The Morgan fingerprint density at radius 3 is 1.50 bits per heavy atom. The van der Waals surface area contributed by atoms with Gasteiger partial charge in [0.1, 0.15) is 17.3 Å². The Labute approximate surface area is 189 Å². The molecule has 0 saturated carbocycles. The third kappa shape index (κ3) is 3.69. The second kappa shape index (κ2) is 8.39. The van der Waals surface area contributed by atoms with Crippen LogP contribution in [0.4, 0.5) is 8.78 Å². The number of benzene rings is 3. The van der Waals surface area contributed by atoms with Crippen LogP contribution in [0.3, 0.4) is 0 Å². The van der Waals surface area contributed by atoms with Crippen molar-refractivity contribution in [1.29, 1.82) is 0 Å². The summed E-state index contributed by atoms with van der Waals surface area (Å²) in [6.45, 7) is 0. The third-order valence-electron chi connectivity index (χ3n) is 4.85. The van der Waals surface area contributed by atoms with Gasteiger partial charge in [0.15, 0.2) is 0 Å². The molecule has 0 bridgehead atoms. The summed E-state index contributed by atoms with van der Waals surface area (Å²) in [6.07, 6.45) is 0. The zero-order valence-electron chi connectivity index (χ0n) is 16.1. The molecule has 0 heterocycles. The van der Waals surface area contributed by atoms with Crippen LogP contribution < -0.4 is 0 Å². The molecule has 3 aromatic rings. The summed E-state index contributed by atoms with van der Waals surface area (Å²) in [5.41, 5.74) is -0.504. The second-order valence-corrected chi connectivity index (χ2v) is 7.62. The summed E-state index contributed by atoms with van der Waals surface area (Å²) in [7, 11) is 0. The van der Waals surface area contributed by atoms with Gasteiger partial charge < -0.3 is 0 Å². The molecule has 0 atom stereocenters. The van der Waals surface area contributed by atoms with Gasteiger partial charge in [0.25, 0.3) is 11.8 Å². The Balaban J connectivity index is 1.90. The van der Waals surface area contributed by atoms with Crippen LogP contribution >= 0.6 is 15.9 Å². The highest BCUT2D eigenvalue weighted by atomic mass is 79.9. The fraction of sp³-hybridized carbons (Fsp3) is 0. The summed E-state index contributed by atoms with van der Waals surface area (Å²) in [6, 6.07) is 14.7. The van der Waals surface area contributed by atoms with Crippen LogP contribution in [0, 0.1) is 11.6 Å². The highest BCUT2D eigenvalue weighted by Crippen LogP contribution is 2.33. The van der Waals surface area contributed by atoms with Crippen molar-refractivity contribution in [3.8, 4) is 0 Å². The van der Waals surface area contributed by atoms with Gasteiger partial charge in [-0.2, -0.15) is 0 Å². The van der Waals surface area contributed by atoms with Crippen molar-refractivity contribution in [2.75, 3.05) is 0 Å². The summed E-state index contributed by atoms with van der Waals surface area (Å²) >= 11 is 3.08. The molecule has 4 rings (SSSR count). The lowest BCUT2D eigenvalue weighted by molar-refractivity contribution is 0.0642. The average Bonchev–Trinajstić information content (AvgIpc) is 2.80. The van der Waals surface area contributed by atoms with E-state index >= 15 is 0 Å². The maximum absolute atomic E-state index is 13.4. The molecule has 8 heteroatoms. The van der Waals surface area contributed by atoms with Crippen LogP contribution in [-0.4, -0.2) is 28.3 Å². The van der Waals surface area contributed by atoms with Gasteiger partial charge in [-0.1, -0.05) is 24.3 Å². The predicted molar refractivity (Wildman–Crippen MR) is 114 cm³/mol. The van der Waals surface area contributed by atoms with E-state index in [0.29, 0.717) is 4.90 Å². The first kappa shape index (κ1) is 21.5. The minimum Gasteiger partial charge on any atom is -0.288 e. The topological polar surface area (TPSA) is 71.5 Å². The largest absolute Gasteiger partial charge is 0.288 e. The minimum absolute atomic E-state index is 0.0273. The molecule has 1 aliphatic rings. The maximum atomic E-state index is 13.4. The van der Waals surface area contributed by atoms with Crippen LogP contribution in [0.25, 0.3) is 0 Å². The molecule has 0 aromatic heterocycles. The van der Waals surface area contributed by atoms with Gasteiger partial charge in [-0.25, -0.2) is 13.7 Å². The van der Waals surface area contributed by atoms with Crippen molar-refractivity contribution in [2.45, 2.75) is 0 Å². The molecule has 2 amide bonds. The van der Waals surface area contributed by atoms with Crippen LogP contribution in [-0.2, 0) is 0 Å². The summed E-state index contributed by atoms with van der Waals surface area (Å²) in [5.74, 6) is -4.41. The van der Waals surface area contributed by atoms with E-state index in [1.165, 1.54) is 12.1 Å². The number of carbonyl (C=O) groups excluding carboxylic acids is 4. The second-order valence-electron chi connectivity index (χ2n) is 6.83. The van der Waals surface area contributed by atoms with E-state index in [1.54, 1.807) is 12.1 Å². The quantitative estimate of drug-likeness (QED) is 0.482. The number of hydrogen-bond acceptors (Lipinski definition) is 4. The number of imide groups is 1. The highest BCUT2D eigenvalue weighted by molar-refractivity contribution is 9.12. The molecule has 0 N–H and O–H groups in total. The molecule has 1 aliphatic carbocycles. The van der Waals surface area contributed by atoms with Crippen molar-refractivity contribution >= 4 is 39.3 Å². The number of halogens is 3. The molecule has 0 spiro atoms. The Kier molecular flexibility index (Phi) is 5.63. The molecule has 32 heavy (non-hydrogen) atoms. The van der Waals surface area contributed by atoms with Crippen LogP contribution in [0.5, 0.6) is 0 Å². The molecule has 5 nitrogen and oxygen atoms in total. The standard InChI is InChI=1S/C24H12BrF2NO4/c25-19-20(22(30)18-4-2-1-3-17(18)21(19)29)28(23(31)13-5-9-15(26)10-6-13)24(32)14-7-11-16(27)12-8-14/h1-12H. The number of hydrogen-bond donors (Lipinski definition) is 0. The zero-order valence-corrected chi connectivity index (χ0v) is 17.7. The van der Waals surface area contributed by atoms with Gasteiger partial charge in [-0.3, -0.25) is 19.2 Å². The molecule has 158 valence electrons. The van der Waals surface area contributed by atoms with Crippen molar-refractivity contribution in [3.05, 3.63) is 117 Å². The Morgan fingerprint density at radius 2 is 1.06 bits per heavy atom. The van der Waals surface area contributed by atoms with Gasteiger partial charge in [0, 0.05) is 22.3 Å². The lowest BCUT2D eigenvalue weighted by Crippen LogP contribution is -2.41. The highest BCUT2D eigenvalue weighted by Gasteiger charge is 2.39. The van der Waals surface area contributed by atoms with Gasteiger partial charge in [-0.15, -0.1) is 0 Å². The molecule has 0 unspecified atom stereocenters. The summed E-state index contributed by atoms with van der Waals surface area (Å²) in [5, 5.41) is 0. The molecule has 0 radical (unpaired) electrons. The number of nitrogens with zero attached hydrogens (tertiary/aromatic N) is 1. The average molecular weight is 496 g/mol. The Morgan fingerprint density at radius 1 is 0.656 bits per heavy atom. The fourth-order valence-electron chi connectivity index (χ4n) is 3.27. The zero-order chi connectivity index (χ0) is 23.0. The number of allylic oxidation sites excluding steroid dienone is 2. The molecular weight excluding hydrogens is 484 g/mol. The number of fused-ring (bicyclic) bond motifs is 1. The smallest absolute Gasteiger partial charge is 0.265 e. The monoisotopic (exact) mass is 495 g/mol. The first-order valence-electron chi connectivity index (χ1n) is 9.27. The lowest BCUT2D eigenvalue weighted by atomic mass is 9.91. The SMILES string of the molecule is O=C1C(Br)=C(N(C(=O)c2ccc(F)cc2)C(=O)c2ccc(F)cc2)C(=O)c2ccccc21. The van der Waals surface area contributed by atoms with Crippen molar-refractivity contribution in [3.63, 3.8) is 0 Å². The van der Waals surface area contributed by atoms with Crippen LogP contribution in [0.15, 0.2) is 83.0 Å². The normalized spacial score (nSPS) is 13.1. The molecule has 0 saturated heterocycles. The van der Waals surface area contributed by atoms with E-state index in [1.807, 2.05) is 0 Å². The molecular formula is C24H12BrF2NO4. The summed E-state index contributed by atoms with van der Waals surface area (Å²) < 4.78 is 26.5. The first-order chi connectivity index (χ1) is 15.3. The number of ketones is 2. The van der Waals surface area contributed by atoms with Crippen LogP contribution in [0.1, 0.15) is 41.4 Å². The van der Waals surface area contributed by atoms with E-state index < -0.39 is 40.7 Å². The Bertz CT molecular complexity index is 1260. The molecule has 0 fully saturated rings. The third-order valence-corrected chi connectivity index (χ3v) is 5.59. The number of carbonyl (C=O) groups is 4. The maximum Gasteiger partial charge on any atom is 0.265 e. The van der Waals surface area contributed by atoms with Crippen LogP contribution in [0.2, 0.25) is 0 Å². The molecule has 0 aliphatic heterocycles. The minimum atomic E-state index is -0.952.